The van der Waals surface area contributed by atoms with Crippen LogP contribution in [-0.2, 0) is 0 Å². The molecule has 0 amide bonds. The highest BCUT2D eigenvalue weighted by Gasteiger charge is 2.07. The summed E-state index contributed by atoms with van der Waals surface area (Å²) in [4.78, 5) is 0. The predicted molar refractivity (Wildman–Crippen MR) is 84.5 cm³/mol. The summed E-state index contributed by atoms with van der Waals surface area (Å²) in [5.41, 5.74) is 8.23. The number of nitrogens with one attached hydrogen (secondary N) is 1. The van der Waals surface area contributed by atoms with Gasteiger partial charge in [0.25, 0.3) is 0 Å². The number of rotatable bonds is 2. The van der Waals surface area contributed by atoms with Crippen LogP contribution in [0.25, 0.3) is 10.8 Å². The van der Waals surface area contributed by atoms with Gasteiger partial charge >= 0.3 is 0 Å². The Labute approximate surface area is 122 Å². The van der Waals surface area contributed by atoms with Gasteiger partial charge in [-0.1, -0.05) is 24.3 Å². The second-order valence-corrected chi connectivity index (χ2v) is 4.72. The summed E-state index contributed by atoms with van der Waals surface area (Å²) in [6.07, 6.45) is 0. The van der Waals surface area contributed by atoms with Crippen molar-refractivity contribution in [1.82, 2.24) is 0 Å². The second-order valence-electron chi connectivity index (χ2n) is 4.72. The summed E-state index contributed by atoms with van der Waals surface area (Å²) < 4.78 is 0. The van der Waals surface area contributed by atoms with E-state index in [1.807, 2.05) is 24.3 Å². The van der Waals surface area contributed by atoms with Gasteiger partial charge in [0.1, 0.15) is 11.8 Å². The maximum absolute atomic E-state index is 9.90. The van der Waals surface area contributed by atoms with Crippen LogP contribution in [-0.4, -0.2) is 5.11 Å². The molecule has 3 rings (SSSR count). The molecular weight excluding hydrogens is 262 g/mol. The molecule has 21 heavy (non-hydrogen) atoms. The van der Waals surface area contributed by atoms with E-state index in [-0.39, 0.29) is 5.75 Å². The van der Waals surface area contributed by atoms with E-state index in [2.05, 4.69) is 11.4 Å². The molecule has 0 atom stereocenters. The van der Waals surface area contributed by atoms with Gasteiger partial charge in [-0.15, -0.1) is 0 Å². The van der Waals surface area contributed by atoms with Crippen LogP contribution in [0.5, 0.6) is 5.75 Å². The number of nitrogen functional groups attached to an aromatic ring is 1. The second kappa shape index (κ2) is 5.06. The van der Waals surface area contributed by atoms with Crippen molar-refractivity contribution in [2.45, 2.75) is 0 Å². The van der Waals surface area contributed by atoms with Crippen molar-refractivity contribution in [3.8, 4) is 11.8 Å². The molecule has 102 valence electrons. The number of nitrogens with zero attached hydrogens (tertiary/aromatic N) is 1. The van der Waals surface area contributed by atoms with Gasteiger partial charge in [0, 0.05) is 22.1 Å². The molecule has 0 aliphatic carbocycles. The molecule has 4 heteroatoms. The smallest absolute Gasteiger partial charge is 0.123 e. The number of aromatic hydroxyl groups is 1. The van der Waals surface area contributed by atoms with Gasteiger partial charge in [0.05, 0.1) is 11.3 Å². The van der Waals surface area contributed by atoms with Crippen molar-refractivity contribution in [1.29, 1.82) is 5.26 Å². The number of fused-ring (bicyclic) bond motifs is 1. The van der Waals surface area contributed by atoms with E-state index < -0.39 is 0 Å². The van der Waals surface area contributed by atoms with Crippen molar-refractivity contribution in [2.24, 2.45) is 0 Å². The molecule has 4 nitrogen and oxygen atoms in total. The number of benzene rings is 3. The summed E-state index contributed by atoms with van der Waals surface area (Å²) >= 11 is 0. The lowest BCUT2D eigenvalue weighted by Gasteiger charge is -2.12. The number of nitrogens with two attached hydrogens (primary N) is 1. The van der Waals surface area contributed by atoms with E-state index in [0.717, 1.165) is 16.5 Å². The summed E-state index contributed by atoms with van der Waals surface area (Å²) in [5.74, 6) is 0.231. The van der Waals surface area contributed by atoms with Gasteiger partial charge in [-0.25, -0.2) is 0 Å². The molecule has 0 saturated carbocycles. The zero-order valence-electron chi connectivity index (χ0n) is 11.2. The number of nitriles is 1. The van der Waals surface area contributed by atoms with Crippen LogP contribution < -0.4 is 11.1 Å². The van der Waals surface area contributed by atoms with Crippen LogP contribution in [0, 0.1) is 11.3 Å². The lowest BCUT2D eigenvalue weighted by molar-refractivity contribution is 0.481. The van der Waals surface area contributed by atoms with E-state index in [9.17, 15) is 10.4 Å². The molecule has 0 fully saturated rings. The van der Waals surface area contributed by atoms with Crippen LogP contribution in [0.15, 0.2) is 54.6 Å². The number of hydrogen-bond donors (Lipinski definition) is 3. The molecule has 0 spiro atoms. The molecule has 0 bridgehead atoms. The van der Waals surface area contributed by atoms with Crippen molar-refractivity contribution < 1.29 is 5.11 Å². The van der Waals surface area contributed by atoms with E-state index >= 15 is 0 Å². The Kier molecular flexibility index (Phi) is 3.09. The van der Waals surface area contributed by atoms with Gasteiger partial charge in [-0.3, -0.25) is 0 Å². The van der Waals surface area contributed by atoms with E-state index in [0.29, 0.717) is 16.9 Å². The first kappa shape index (κ1) is 12.8. The van der Waals surface area contributed by atoms with E-state index in [4.69, 9.17) is 5.73 Å². The van der Waals surface area contributed by atoms with Crippen LogP contribution in [0.2, 0.25) is 0 Å². The highest BCUT2D eigenvalue weighted by Crippen LogP contribution is 2.32. The molecule has 0 unspecified atom stereocenters. The zero-order chi connectivity index (χ0) is 14.8. The zero-order valence-corrected chi connectivity index (χ0v) is 11.2. The topological polar surface area (TPSA) is 82.1 Å². The van der Waals surface area contributed by atoms with Crippen molar-refractivity contribution in [3.63, 3.8) is 0 Å². The highest BCUT2D eigenvalue weighted by atomic mass is 16.3. The number of anilines is 3. The van der Waals surface area contributed by atoms with E-state index in [1.165, 1.54) is 0 Å². The molecule has 0 aliphatic heterocycles. The first-order valence-electron chi connectivity index (χ1n) is 6.46. The predicted octanol–water partition coefficient (Wildman–Crippen LogP) is 3.74. The molecule has 0 heterocycles. The minimum Gasteiger partial charge on any atom is -0.507 e. The Bertz CT molecular complexity index is 866. The molecule has 0 radical (unpaired) electrons. The molecule has 4 N–H and O–H groups in total. The van der Waals surface area contributed by atoms with Crippen LogP contribution >= 0.6 is 0 Å². The van der Waals surface area contributed by atoms with Crippen LogP contribution in [0.4, 0.5) is 17.1 Å². The van der Waals surface area contributed by atoms with Crippen molar-refractivity contribution >= 4 is 27.8 Å². The minimum absolute atomic E-state index is 0.231. The third-order valence-electron chi connectivity index (χ3n) is 3.33. The first-order chi connectivity index (χ1) is 10.2. The Hall–Kier alpha value is -3.19. The SMILES string of the molecule is N#Cc1cc(N)ccc1Nc1cccc2c(O)cccc12. The Morgan fingerprint density at radius 2 is 1.71 bits per heavy atom. The lowest BCUT2D eigenvalue weighted by atomic mass is 10.1. The minimum atomic E-state index is 0.231. The third kappa shape index (κ3) is 2.33. The molecular formula is C17H13N3O. The maximum Gasteiger partial charge on any atom is 0.123 e. The monoisotopic (exact) mass is 275 g/mol. The average molecular weight is 275 g/mol. The lowest BCUT2D eigenvalue weighted by Crippen LogP contribution is -1.96. The summed E-state index contributed by atoms with van der Waals surface area (Å²) in [6.45, 7) is 0. The van der Waals surface area contributed by atoms with Gasteiger partial charge in [0.15, 0.2) is 0 Å². The molecule has 0 saturated heterocycles. The third-order valence-corrected chi connectivity index (χ3v) is 3.33. The number of phenols is 1. The Balaban J connectivity index is 2.11. The van der Waals surface area contributed by atoms with E-state index in [1.54, 1.807) is 30.3 Å². The molecule has 3 aromatic carbocycles. The van der Waals surface area contributed by atoms with Gasteiger partial charge in [-0.05, 0) is 30.3 Å². The fraction of sp³-hybridized carbons (Fsp3) is 0. The number of hydrogen-bond acceptors (Lipinski definition) is 4. The largest absolute Gasteiger partial charge is 0.507 e. The summed E-state index contributed by atoms with van der Waals surface area (Å²) in [6, 6.07) is 18.2. The summed E-state index contributed by atoms with van der Waals surface area (Å²) in [5, 5.41) is 24.0. The first-order valence-corrected chi connectivity index (χ1v) is 6.46. The maximum atomic E-state index is 9.90. The molecule has 0 aromatic heterocycles. The Morgan fingerprint density at radius 3 is 2.52 bits per heavy atom. The highest BCUT2D eigenvalue weighted by molar-refractivity contribution is 5.99. The van der Waals surface area contributed by atoms with Gasteiger partial charge in [-0.2, -0.15) is 5.26 Å². The van der Waals surface area contributed by atoms with Crippen molar-refractivity contribution in [3.05, 3.63) is 60.2 Å². The Morgan fingerprint density at radius 1 is 0.952 bits per heavy atom. The van der Waals surface area contributed by atoms with Crippen molar-refractivity contribution in [2.75, 3.05) is 11.1 Å². The average Bonchev–Trinajstić information content (AvgIpc) is 2.50. The molecule has 0 aliphatic rings. The standard InChI is InChI=1S/C17H13N3O/c18-10-11-9-12(19)7-8-15(11)20-16-5-1-4-14-13(16)3-2-6-17(14)21/h1-9,20-21H,19H2. The number of phenolic OH excluding ortho intramolecular Hbond substituents is 1. The van der Waals surface area contributed by atoms with Crippen LogP contribution in [0.1, 0.15) is 5.56 Å². The fourth-order valence-corrected chi connectivity index (χ4v) is 2.31. The fourth-order valence-electron chi connectivity index (χ4n) is 2.31. The molecule has 3 aromatic rings. The van der Waals surface area contributed by atoms with Gasteiger partial charge < -0.3 is 16.2 Å². The van der Waals surface area contributed by atoms with Gasteiger partial charge in [0.2, 0.25) is 0 Å². The quantitative estimate of drug-likeness (QED) is 0.622. The van der Waals surface area contributed by atoms with Crippen LogP contribution in [0.3, 0.4) is 0 Å². The normalized spacial score (nSPS) is 10.2. The summed E-state index contributed by atoms with van der Waals surface area (Å²) in [7, 11) is 0.